The van der Waals surface area contributed by atoms with Gasteiger partial charge in [-0.15, -0.1) is 0 Å². The van der Waals surface area contributed by atoms with Gasteiger partial charge in [-0.2, -0.15) is 0 Å². The molecule has 0 spiro atoms. The Kier molecular flexibility index (Phi) is 5.17. The molecule has 0 aromatic heterocycles. The van der Waals surface area contributed by atoms with E-state index in [0.717, 1.165) is 5.56 Å². The number of halogens is 3. The van der Waals surface area contributed by atoms with E-state index in [2.05, 4.69) is 12.2 Å². The predicted octanol–water partition coefficient (Wildman–Crippen LogP) is 5.72. The maximum absolute atomic E-state index is 6.24. The maximum Gasteiger partial charge on any atom is 0.147 e. The number of benzene rings is 2. The van der Waals surface area contributed by atoms with E-state index in [1.54, 1.807) is 18.2 Å². The summed E-state index contributed by atoms with van der Waals surface area (Å²) in [6.07, 6.45) is 0. The summed E-state index contributed by atoms with van der Waals surface area (Å²) in [4.78, 5) is 0. The standard InChI is InChI=1S/C15H14Cl3NO/c1-9(19-2)10-3-6-14(13(18)7-10)20-15-8-11(16)4-5-12(15)17/h3-9,19H,1-2H3. The average Bonchev–Trinajstić information content (AvgIpc) is 2.44. The summed E-state index contributed by atoms with van der Waals surface area (Å²) in [5.41, 5.74) is 1.09. The van der Waals surface area contributed by atoms with Crippen LogP contribution in [0, 0.1) is 0 Å². The largest absolute Gasteiger partial charge is 0.454 e. The fourth-order valence-electron chi connectivity index (χ4n) is 1.71. The van der Waals surface area contributed by atoms with Crippen molar-refractivity contribution in [2.75, 3.05) is 7.05 Å². The summed E-state index contributed by atoms with van der Waals surface area (Å²) >= 11 is 18.2. The number of hydrogen-bond donors (Lipinski definition) is 1. The smallest absolute Gasteiger partial charge is 0.147 e. The third kappa shape index (κ3) is 3.58. The topological polar surface area (TPSA) is 21.3 Å². The van der Waals surface area contributed by atoms with Gasteiger partial charge in [-0.3, -0.25) is 0 Å². The monoisotopic (exact) mass is 329 g/mol. The van der Waals surface area contributed by atoms with Gasteiger partial charge in [0.05, 0.1) is 10.0 Å². The molecule has 20 heavy (non-hydrogen) atoms. The lowest BCUT2D eigenvalue weighted by atomic mass is 10.1. The van der Waals surface area contributed by atoms with Gasteiger partial charge in [0.2, 0.25) is 0 Å². The normalized spacial score (nSPS) is 12.2. The Balaban J connectivity index is 2.28. The summed E-state index contributed by atoms with van der Waals surface area (Å²) in [5, 5.41) is 4.73. The maximum atomic E-state index is 6.24. The molecule has 0 aliphatic carbocycles. The quantitative estimate of drug-likeness (QED) is 0.774. The van der Waals surface area contributed by atoms with Gasteiger partial charge in [-0.1, -0.05) is 40.9 Å². The Hall–Kier alpha value is -0.930. The van der Waals surface area contributed by atoms with E-state index in [9.17, 15) is 0 Å². The highest BCUT2D eigenvalue weighted by atomic mass is 35.5. The van der Waals surface area contributed by atoms with Crippen molar-refractivity contribution >= 4 is 34.8 Å². The zero-order valence-electron chi connectivity index (χ0n) is 11.1. The lowest BCUT2D eigenvalue weighted by molar-refractivity contribution is 0.482. The Morgan fingerprint density at radius 2 is 1.70 bits per heavy atom. The average molecular weight is 331 g/mol. The van der Waals surface area contributed by atoms with Crippen molar-refractivity contribution < 1.29 is 4.74 Å². The molecule has 0 saturated heterocycles. The van der Waals surface area contributed by atoms with Crippen molar-refractivity contribution in [1.82, 2.24) is 5.32 Å². The molecule has 0 amide bonds. The van der Waals surface area contributed by atoms with Crippen molar-refractivity contribution in [1.29, 1.82) is 0 Å². The Bertz CT molecular complexity index is 616. The van der Waals surface area contributed by atoms with E-state index in [4.69, 9.17) is 39.5 Å². The molecule has 0 radical (unpaired) electrons. The third-order valence-electron chi connectivity index (χ3n) is 3.00. The molecule has 0 bridgehead atoms. The van der Waals surface area contributed by atoms with E-state index in [1.165, 1.54) is 0 Å². The van der Waals surface area contributed by atoms with Crippen LogP contribution >= 0.6 is 34.8 Å². The van der Waals surface area contributed by atoms with Gasteiger partial charge in [-0.05, 0) is 43.8 Å². The van der Waals surface area contributed by atoms with E-state index in [0.29, 0.717) is 26.6 Å². The Labute approximate surface area is 133 Å². The molecule has 0 aliphatic rings. The fourth-order valence-corrected chi connectivity index (χ4v) is 2.26. The van der Waals surface area contributed by atoms with Crippen molar-refractivity contribution in [2.24, 2.45) is 0 Å². The first-order valence-electron chi connectivity index (χ1n) is 6.11. The van der Waals surface area contributed by atoms with Gasteiger partial charge >= 0.3 is 0 Å². The summed E-state index contributed by atoms with van der Waals surface area (Å²) in [6.45, 7) is 2.06. The molecule has 5 heteroatoms. The van der Waals surface area contributed by atoms with Crippen LogP contribution in [0.15, 0.2) is 36.4 Å². The van der Waals surface area contributed by atoms with Gasteiger partial charge in [0.15, 0.2) is 0 Å². The number of hydrogen-bond acceptors (Lipinski definition) is 2. The number of rotatable bonds is 4. The van der Waals surface area contributed by atoms with Gasteiger partial charge in [0.1, 0.15) is 11.5 Å². The van der Waals surface area contributed by atoms with Crippen LogP contribution in [0.25, 0.3) is 0 Å². The molecule has 0 saturated carbocycles. The van der Waals surface area contributed by atoms with Gasteiger partial charge in [0, 0.05) is 17.1 Å². The van der Waals surface area contributed by atoms with Crippen molar-refractivity contribution in [2.45, 2.75) is 13.0 Å². The van der Waals surface area contributed by atoms with Crippen LogP contribution in [0.1, 0.15) is 18.5 Å². The van der Waals surface area contributed by atoms with Gasteiger partial charge in [-0.25, -0.2) is 0 Å². The van der Waals surface area contributed by atoms with E-state index in [1.807, 2.05) is 25.2 Å². The van der Waals surface area contributed by atoms with Crippen LogP contribution in [0.4, 0.5) is 0 Å². The zero-order valence-corrected chi connectivity index (χ0v) is 13.4. The molecule has 2 aromatic rings. The molecular weight excluding hydrogens is 317 g/mol. The molecule has 0 heterocycles. The molecule has 2 nitrogen and oxygen atoms in total. The molecule has 1 atom stereocenters. The summed E-state index contributed by atoms with van der Waals surface area (Å²) in [5.74, 6) is 1.03. The van der Waals surface area contributed by atoms with Crippen molar-refractivity contribution in [3.8, 4) is 11.5 Å². The van der Waals surface area contributed by atoms with Gasteiger partial charge < -0.3 is 10.1 Å². The van der Waals surface area contributed by atoms with Crippen molar-refractivity contribution in [3.05, 3.63) is 57.0 Å². The van der Waals surface area contributed by atoms with E-state index >= 15 is 0 Å². The Morgan fingerprint density at radius 3 is 2.35 bits per heavy atom. The highest BCUT2D eigenvalue weighted by Gasteiger charge is 2.10. The van der Waals surface area contributed by atoms with Crippen LogP contribution in [0.3, 0.4) is 0 Å². The second-order valence-corrected chi connectivity index (χ2v) is 5.63. The lowest BCUT2D eigenvalue weighted by Crippen LogP contribution is -2.12. The molecule has 2 aromatic carbocycles. The summed E-state index contributed by atoms with van der Waals surface area (Å²) in [6, 6.07) is 10.9. The second-order valence-electron chi connectivity index (χ2n) is 4.38. The van der Waals surface area contributed by atoms with Crippen LogP contribution in [-0.2, 0) is 0 Å². The first-order valence-corrected chi connectivity index (χ1v) is 7.24. The number of ether oxygens (including phenoxy) is 1. The Morgan fingerprint density at radius 1 is 0.950 bits per heavy atom. The minimum absolute atomic E-state index is 0.219. The summed E-state index contributed by atoms with van der Waals surface area (Å²) in [7, 11) is 1.90. The molecule has 1 N–H and O–H groups in total. The minimum Gasteiger partial charge on any atom is -0.454 e. The van der Waals surface area contributed by atoms with Gasteiger partial charge in [0.25, 0.3) is 0 Å². The SMILES string of the molecule is CNC(C)c1ccc(Oc2cc(Cl)ccc2Cl)c(Cl)c1. The lowest BCUT2D eigenvalue weighted by Gasteiger charge is -2.14. The third-order valence-corrected chi connectivity index (χ3v) is 3.84. The van der Waals surface area contributed by atoms with Crippen LogP contribution in [-0.4, -0.2) is 7.05 Å². The van der Waals surface area contributed by atoms with Crippen LogP contribution in [0.5, 0.6) is 11.5 Å². The molecular formula is C15H14Cl3NO. The molecule has 1 unspecified atom stereocenters. The zero-order chi connectivity index (χ0) is 14.7. The molecule has 2 rings (SSSR count). The van der Waals surface area contributed by atoms with Crippen LogP contribution in [0.2, 0.25) is 15.1 Å². The first-order chi connectivity index (χ1) is 9.51. The van der Waals surface area contributed by atoms with Crippen LogP contribution < -0.4 is 10.1 Å². The molecule has 0 fully saturated rings. The highest BCUT2D eigenvalue weighted by molar-refractivity contribution is 6.34. The molecule has 106 valence electrons. The van der Waals surface area contributed by atoms with E-state index < -0.39 is 0 Å². The molecule has 0 aliphatic heterocycles. The highest BCUT2D eigenvalue weighted by Crippen LogP contribution is 2.36. The van der Waals surface area contributed by atoms with E-state index in [-0.39, 0.29) is 6.04 Å². The minimum atomic E-state index is 0.219. The first kappa shape index (κ1) is 15.5. The summed E-state index contributed by atoms with van der Waals surface area (Å²) < 4.78 is 5.72. The fraction of sp³-hybridized carbons (Fsp3) is 0.200. The predicted molar refractivity (Wildman–Crippen MR) is 85.5 cm³/mol. The second kappa shape index (κ2) is 6.68. The van der Waals surface area contributed by atoms with Crippen molar-refractivity contribution in [3.63, 3.8) is 0 Å². The number of nitrogens with one attached hydrogen (secondary N) is 1.